The van der Waals surface area contributed by atoms with Crippen molar-refractivity contribution in [2.45, 2.75) is 42.6 Å². The maximum atomic E-state index is 13.6. The molecule has 0 aliphatic heterocycles. The predicted octanol–water partition coefficient (Wildman–Crippen LogP) is 4.13. The third kappa shape index (κ3) is 1.20. The van der Waals surface area contributed by atoms with E-state index in [0.29, 0.717) is 30.1 Å². The minimum atomic E-state index is -0.553. The molecule has 2 aromatic rings. The van der Waals surface area contributed by atoms with E-state index in [1.54, 1.807) is 0 Å². The first-order valence-electron chi connectivity index (χ1n) is 9.15. The van der Waals surface area contributed by atoms with Crippen molar-refractivity contribution in [2.24, 2.45) is 5.92 Å². The van der Waals surface area contributed by atoms with Gasteiger partial charge in [0.15, 0.2) is 5.78 Å². The lowest BCUT2D eigenvalue weighted by molar-refractivity contribution is -0.208. The van der Waals surface area contributed by atoms with E-state index in [-0.39, 0.29) is 11.8 Å². The number of Topliss-reactive ketones (excluding diaryl/α,β-unsaturated/α-hetero) is 1. The number of benzene rings is 2. The lowest BCUT2D eigenvalue weighted by Gasteiger charge is -2.70. The second-order valence-corrected chi connectivity index (χ2v) is 7.78. The fourth-order valence-electron chi connectivity index (χ4n) is 6.59. The Hall–Kier alpha value is -1.93. The van der Waals surface area contributed by atoms with Gasteiger partial charge >= 0.3 is 0 Å². The number of fused-ring (bicyclic) bond motifs is 10. The summed E-state index contributed by atoms with van der Waals surface area (Å²) in [6, 6.07) is 17.5. The van der Waals surface area contributed by atoms with Crippen LogP contribution in [0.5, 0.6) is 0 Å². The zero-order valence-corrected chi connectivity index (χ0v) is 13.7. The first-order chi connectivity index (χ1) is 11.8. The number of hydrogen-bond donors (Lipinski definition) is 0. The second-order valence-electron chi connectivity index (χ2n) is 7.78. The van der Waals surface area contributed by atoms with Crippen LogP contribution in [0.15, 0.2) is 48.5 Å². The summed E-state index contributed by atoms with van der Waals surface area (Å²) >= 11 is 0. The van der Waals surface area contributed by atoms with Gasteiger partial charge in [0.25, 0.3) is 0 Å². The molecule has 0 N–H and O–H groups in total. The maximum absolute atomic E-state index is 13.6. The Kier molecular flexibility index (Phi) is 2.33. The molecule has 6 atom stereocenters. The van der Waals surface area contributed by atoms with Gasteiger partial charge in [-0.2, -0.15) is 0 Å². The van der Waals surface area contributed by atoms with Gasteiger partial charge in [0, 0.05) is 24.4 Å². The molecule has 0 amide bonds. The lowest BCUT2D eigenvalue weighted by atomic mass is 9.35. The molecule has 4 bridgehead atoms. The predicted molar refractivity (Wildman–Crippen MR) is 91.3 cm³/mol. The van der Waals surface area contributed by atoms with Crippen LogP contribution < -0.4 is 0 Å². The van der Waals surface area contributed by atoms with Gasteiger partial charge in [0.1, 0.15) is 5.60 Å². The summed E-state index contributed by atoms with van der Waals surface area (Å²) in [5, 5.41) is 0. The van der Waals surface area contributed by atoms with Crippen molar-refractivity contribution in [3.8, 4) is 0 Å². The summed E-state index contributed by atoms with van der Waals surface area (Å²) < 4.78 is 6.29. The van der Waals surface area contributed by atoms with Crippen molar-refractivity contribution in [3.05, 3.63) is 70.8 Å². The monoisotopic (exact) mass is 316 g/mol. The van der Waals surface area contributed by atoms with Crippen LogP contribution in [0.1, 0.15) is 59.3 Å². The van der Waals surface area contributed by atoms with Crippen LogP contribution in [0.4, 0.5) is 0 Å². The zero-order valence-electron chi connectivity index (χ0n) is 13.7. The molecule has 6 rings (SSSR count). The summed E-state index contributed by atoms with van der Waals surface area (Å²) in [7, 11) is 0. The normalized spacial score (nSPS) is 39.9. The molecule has 2 fully saturated rings. The number of rotatable bonds is 2. The van der Waals surface area contributed by atoms with Crippen molar-refractivity contribution >= 4 is 5.78 Å². The number of carbonyl (C=O) groups excluding carboxylic acids is 1. The molecule has 0 heterocycles. The maximum Gasteiger partial charge on any atom is 0.173 e. The Morgan fingerprint density at radius 1 is 1.00 bits per heavy atom. The van der Waals surface area contributed by atoms with Crippen LogP contribution in [-0.2, 0) is 9.53 Å². The van der Waals surface area contributed by atoms with E-state index in [0.717, 1.165) is 6.42 Å². The zero-order chi connectivity index (χ0) is 16.1. The summed E-state index contributed by atoms with van der Waals surface area (Å²) in [4.78, 5) is 13.6. The van der Waals surface area contributed by atoms with E-state index < -0.39 is 5.60 Å². The number of hydrogen-bond acceptors (Lipinski definition) is 2. The minimum Gasteiger partial charge on any atom is -0.366 e. The fraction of sp³-hybridized carbons (Fsp3) is 0.409. The van der Waals surface area contributed by atoms with E-state index >= 15 is 0 Å². The first kappa shape index (κ1) is 13.4. The van der Waals surface area contributed by atoms with Crippen LogP contribution in [0, 0.1) is 5.92 Å². The van der Waals surface area contributed by atoms with E-state index in [9.17, 15) is 4.79 Å². The minimum absolute atomic E-state index is 0.0253. The van der Waals surface area contributed by atoms with Gasteiger partial charge in [-0.25, -0.2) is 0 Å². The van der Waals surface area contributed by atoms with E-state index in [1.807, 2.05) is 6.92 Å². The average molecular weight is 316 g/mol. The first-order valence-corrected chi connectivity index (χ1v) is 9.15. The van der Waals surface area contributed by atoms with Gasteiger partial charge in [-0.3, -0.25) is 4.79 Å². The highest BCUT2D eigenvalue weighted by Crippen LogP contribution is 2.75. The molecule has 2 saturated carbocycles. The molecule has 4 aliphatic rings. The second kappa shape index (κ2) is 4.18. The van der Waals surface area contributed by atoms with Gasteiger partial charge < -0.3 is 4.74 Å². The third-order valence-corrected chi connectivity index (χ3v) is 7.19. The highest BCUT2D eigenvalue weighted by molar-refractivity contribution is 6.01. The number of ether oxygens (including phenoxy) is 1. The Morgan fingerprint density at radius 2 is 1.67 bits per heavy atom. The molecule has 120 valence electrons. The van der Waals surface area contributed by atoms with Gasteiger partial charge in [-0.1, -0.05) is 48.5 Å². The van der Waals surface area contributed by atoms with Crippen LogP contribution in [0.2, 0.25) is 0 Å². The third-order valence-electron chi connectivity index (χ3n) is 7.19. The van der Waals surface area contributed by atoms with Gasteiger partial charge in [0.05, 0.1) is 5.92 Å². The SMILES string of the molecule is CCOC12C(=O)C3c4ccccc4C1C1c4ccccc4C3CC12. The van der Waals surface area contributed by atoms with E-state index in [1.165, 1.54) is 22.3 Å². The molecule has 24 heavy (non-hydrogen) atoms. The Labute approximate surface area is 141 Å². The van der Waals surface area contributed by atoms with Crippen molar-refractivity contribution in [1.82, 2.24) is 0 Å². The Balaban J connectivity index is 1.70. The van der Waals surface area contributed by atoms with Crippen molar-refractivity contribution < 1.29 is 9.53 Å². The topological polar surface area (TPSA) is 26.3 Å². The summed E-state index contributed by atoms with van der Waals surface area (Å²) in [6.45, 7) is 2.64. The van der Waals surface area contributed by atoms with Gasteiger partial charge in [-0.15, -0.1) is 0 Å². The van der Waals surface area contributed by atoms with Crippen molar-refractivity contribution in [1.29, 1.82) is 0 Å². The van der Waals surface area contributed by atoms with Crippen molar-refractivity contribution in [3.63, 3.8) is 0 Å². The quantitative estimate of drug-likeness (QED) is 0.833. The molecule has 2 aromatic carbocycles. The van der Waals surface area contributed by atoms with Crippen LogP contribution in [-0.4, -0.2) is 18.0 Å². The standard InChI is InChI=1S/C22H20O2/c1-2-24-22-17-11-16-12-7-3-4-8-13(12)19(17)20(22)15-10-6-5-9-14(15)18(16)21(22)23/h3-10,16-20H,2,11H2,1H3. The van der Waals surface area contributed by atoms with Gasteiger partial charge in [0.2, 0.25) is 0 Å². The molecule has 2 heteroatoms. The van der Waals surface area contributed by atoms with E-state index in [2.05, 4.69) is 48.5 Å². The van der Waals surface area contributed by atoms with E-state index in [4.69, 9.17) is 4.74 Å². The summed E-state index contributed by atoms with van der Waals surface area (Å²) in [6.07, 6.45) is 1.10. The molecule has 6 unspecified atom stereocenters. The highest BCUT2D eigenvalue weighted by Gasteiger charge is 2.76. The molecule has 0 aromatic heterocycles. The van der Waals surface area contributed by atoms with Crippen LogP contribution in [0.3, 0.4) is 0 Å². The number of ketones is 1. The van der Waals surface area contributed by atoms with Crippen molar-refractivity contribution in [2.75, 3.05) is 6.61 Å². The molecule has 2 nitrogen and oxygen atoms in total. The Bertz CT molecular complexity index is 885. The lowest BCUT2D eigenvalue weighted by Crippen LogP contribution is -2.73. The molecule has 4 aliphatic carbocycles. The number of carbonyl (C=O) groups is 1. The average Bonchev–Trinajstić information content (AvgIpc) is 2.58. The van der Waals surface area contributed by atoms with Crippen LogP contribution >= 0.6 is 0 Å². The molecular formula is C22H20O2. The van der Waals surface area contributed by atoms with Gasteiger partial charge in [-0.05, 0) is 41.5 Å². The highest BCUT2D eigenvalue weighted by atomic mass is 16.5. The molecule has 0 saturated heterocycles. The summed E-state index contributed by atoms with van der Waals surface area (Å²) in [5.74, 6) is 1.66. The Morgan fingerprint density at radius 3 is 2.42 bits per heavy atom. The summed E-state index contributed by atoms with van der Waals surface area (Å²) in [5.41, 5.74) is 4.98. The largest absolute Gasteiger partial charge is 0.366 e. The fourth-order valence-corrected chi connectivity index (χ4v) is 6.59. The molecule has 0 spiro atoms. The van der Waals surface area contributed by atoms with Crippen LogP contribution in [0.25, 0.3) is 0 Å². The molecule has 0 radical (unpaired) electrons. The molecular weight excluding hydrogens is 296 g/mol. The smallest absolute Gasteiger partial charge is 0.173 e.